The number of benzene rings is 1. The maximum atomic E-state index is 13.6. The average Bonchev–Trinajstić information content (AvgIpc) is 3.51. The first kappa shape index (κ1) is 20.1. The van der Waals surface area contributed by atoms with Crippen LogP contribution in [0.25, 0.3) is 0 Å². The van der Waals surface area contributed by atoms with Crippen LogP contribution in [0.5, 0.6) is 0 Å². The van der Waals surface area contributed by atoms with Crippen LogP contribution in [-0.2, 0) is 21.8 Å². The number of carbonyl (C=O) groups excluding carboxylic acids is 1. The first-order valence-corrected chi connectivity index (χ1v) is 10.9. The van der Waals surface area contributed by atoms with Crippen molar-refractivity contribution < 1.29 is 19.3 Å². The molecule has 2 aromatic rings. The molecule has 1 amide bonds. The summed E-state index contributed by atoms with van der Waals surface area (Å²) in [6, 6.07) is 9.62. The lowest BCUT2D eigenvalue weighted by atomic mass is 9.91. The quantitative estimate of drug-likeness (QED) is 0.782. The molecular formula is C23H28N4O4. The highest BCUT2D eigenvalue weighted by Crippen LogP contribution is 2.41. The van der Waals surface area contributed by atoms with E-state index < -0.39 is 17.7 Å². The summed E-state index contributed by atoms with van der Waals surface area (Å²) >= 11 is 0. The van der Waals surface area contributed by atoms with Crippen LogP contribution in [0, 0.1) is 12.8 Å². The molecule has 2 aliphatic heterocycles. The van der Waals surface area contributed by atoms with Crippen molar-refractivity contribution in [2.24, 2.45) is 11.1 Å². The molecule has 164 valence electrons. The molecule has 1 aliphatic carbocycles. The number of aromatic nitrogens is 1. The second-order valence-electron chi connectivity index (χ2n) is 9.17. The molecule has 0 radical (unpaired) electrons. The van der Waals surface area contributed by atoms with Gasteiger partial charge in [0.1, 0.15) is 11.7 Å². The molecule has 0 saturated carbocycles. The van der Waals surface area contributed by atoms with Gasteiger partial charge < -0.3 is 24.7 Å². The van der Waals surface area contributed by atoms with Crippen LogP contribution in [0.2, 0.25) is 0 Å². The normalized spacial score (nSPS) is 27.9. The molecule has 2 N–H and O–H groups in total. The number of fused-ring (bicyclic) bond motifs is 2. The van der Waals surface area contributed by atoms with Crippen molar-refractivity contribution in [1.29, 1.82) is 0 Å². The predicted octanol–water partition coefficient (Wildman–Crippen LogP) is 2.42. The number of aliphatic hydroxyl groups is 1. The molecule has 8 heteroatoms. The molecule has 8 nitrogen and oxygen atoms in total. The largest absolute Gasteiger partial charge is 0.391 e. The van der Waals surface area contributed by atoms with Gasteiger partial charge in [0.15, 0.2) is 5.84 Å². The van der Waals surface area contributed by atoms with Crippen LogP contribution in [0.15, 0.2) is 40.0 Å². The smallest absolute Gasteiger partial charge is 0.235 e. The van der Waals surface area contributed by atoms with E-state index in [1.807, 2.05) is 39.0 Å². The van der Waals surface area contributed by atoms with Crippen LogP contribution in [0.3, 0.4) is 0 Å². The Bertz CT molecular complexity index is 1030. The molecule has 1 unspecified atom stereocenters. The minimum Gasteiger partial charge on any atom is -0.391 e. The van der Waals surface area contributed by atoms with Gasteiger partial charge in [0.05, 0.1) is 17.8 Å². The highest BCUT2D eigenvalue weighted by Gasteiger charge is 2.50. The summed E-state index contributed by atoms with van der Waals surface area (Å²) in [5.41, 5.74) is 2.38. The second kappa shape index (κ2) is 7.37. The third-order valence-electron chi connectivity index (χ3n) is 6.59. The summed E-state index contributed by atoms with van der Waals surface area (Å²) in [6.07, 6.45) is 1.48. The molecule has 1 fully saturated rings. The van der Waals surface area contributed by atoms with Crippen molar-refractivity contribution in [1.82, 2.24) is 15.4 Å². The van der Waals surface area contributed by atoms with Crippen molar-refractivity contribution in [3.8, 4) is 0 Å². The Kier molecular flexibility index (Phi) is 4.77. The van der Waals surface area contributed by atoms with Crippen LogP contribution in [0.4, 0.5) is 0 Å². The van der Waals surface area contributed by atoms with E-state index in [0.29, 0.717) is 18.0 Å². The number of amides is 1. The van der Waals surface area contributed by atoms with Gasteiger partial charge in [-0.3, -0.25) is 4.79 Å². The minimum atomic E-state index is -0.687. The zero-order valence-electron chi connectivity index (χ0n) is 18.0. The molecule has 1 spiro atoms. The van der Waals surface area contributed by atoms with E-state index in [-0.39, 0.29) is 24.4 Å². The van der Waals surface area contributed by atoms with Gasteiger partial charge in [0.25, 0.3) is 0 Å². The van der Waals surface area contributed by atoms with Gasteiger partial charge in [0, 0.05) is 31.0 Å². The van der Waals surface area contributed by atoms with E-state index in [2.05, 4.69) is 27.8 Å². The molecule has 1 aromatic carbocycles. The lowest BCUT2D eigenvalue weighted by Crippen LogP contribution is -2.50. The highest BCUT2D eigenvalue weighted by molar-refractivity contribution is 5.94. The molecule has 1 saturated heterocycles. The minimum absolute atomic E-state index is 0.0148. The number of aliphatic hydroxyl groups excluding tert-OH is 1. The number of aryl methyl sites for hydroxylation is 2. The monoisotopic (exact) mass is 424 g/mol. The lowest BCUT2D eigenvalue weighted by molar-refractivity contribution is -0.134. The van der Waals surface area contributed by atoms with Gasteiger partial charge >= 0.3 is 0 Å². The van der Waals surface area contributed by atoms with E-state index >= 15 is 0 Å². The van der Waals surface area contributed by atoms with E-state index in [4.69, 9.17) is 9.36 Å². The maximum Gasteiger partial charge on any atom is 0.235 e. The molecule has 3 aliphatic rings. The zero-order valence-corrected chi connectivity index (χ0v) is 18.0. The van der Waals surface area contributed by atoms with Crippen LogP contribution in [-0.4, -0.2) is 45.6 Å². The zero-order chi connectivity index (χ0) is 21.8. The Morgan fingerprint density at radius 2 is 2.16 bits per heavy atom. The van der Waals surface area contributed by atoms with E-state index in [1.165, 1.54) is 5.56 Å². The first-order chi connectivity index (χ1) is 14.9. The van der Waals surface area contributed by atoms with Crippen LogP contribution in [0.1, 0.15) is 55.2 Å². The number of hydrogen-bond donors (Lipinski definition) is 2. The molecule has 3 heterocycles. The van der Waals surface area contributed by atoms with Crippen molar-refractivity contribution in [2.45, 2.75) is 63.8 Å². The third-order valence-corrected chi connectivity index (χ3v) is 6.59. The highest BCUT2D eigenvalue weighted by atomic mass is 16.7. The van der Waals surface area contributed by atoms with Crippen LogP contribution < -0.4 is 5.32 Å². The van der Waals surface area contributed by atoms with Gasteiger partial charge in [-0.2, -0.15) is 0 Å². The Labute approximate surface area is 181 Å². The lowest BCUT2D eigenvalue weighted by Gasteiger charge is -2.30. The first-order valence-electron chi connectivity index (χ1n) is 10.9. The van der Waals surface area contributed by atoms with Crippen molar-refractivity contribution in [3.63, 3.8) is 0 Å². The number of rotatable bonds is 4. The maximum absolute atomic E-state index is 13.6. The summed E-state index contributed by atoms with van der Waals surface area (Å²) in [7, 11) is 0. The number of amidine groups is 1. The molecular weight excluding hydrogens is 396 g/mol. The number of hydrogen-bond acceptors (Lipinski definition) is 7. The summed E-state index contributed by atoms with van der Waals surface area (Å²) in [5.74, 6) is 0.596. The number of carbonyl (C=O) groups is 1. The Morgan fingerprint density at radius 3 is 2.90 bits per heavy atom. The number of nitrogens with zero attached hydrogens (tertiary/aromatic N) is 3. The Balaban J connectivity index is 1.40. The number of likely N-dealkylation sites (tertiary alicyclic amines) is 1. The summed E-state index contributed by atoms with van der Waals surface area (Å²) in [5, 5.41) is 22.2. The fraction of sp³-hybridized carbons (Fsp3) is 0.522. The number of β-amino-alcohol motifs (C(OH)–C–C–N with tert-alkyl or cyclic N) is 1. The van der Waals surface area contributed by atoms with E-state index in [0.717, 1.165) is 24.1 Å². The van der Waals surface area contributed by atoms with Gasteiger partial charge in [-0.25, -0.2) is 0 Å². The molecule has 1 aromatic heterocycles. The fourth-order valence-corrected chi connectivity index (χ4v) is 5.09. The molecule has 5 rings (SSSR count). The van der Waals surface area contributed by atoms with Gasteiger partial charge in [-0.15, -0.1) is 0 Å². The Hall–Kier alpha value is -2.87. The van der Waals surface area contributed by atoms with E-state index in [9.17, 15) is 9.90 Å². The second-order valence-corrected chi connectivity index (χ2v) is 9.17. The predicted molar refractivity (Wildman–Crippen MR) is 113 cm³/mol. The van der Waals surface area contributed by atoms with Crippen molar-refractivity contribution in [2.75, 3.05) is 6.54 Å². The van der Waals surface area contributed by atoms with E-state index in [1.54, 1.807) is 4.90 Å². The fourth-order valence-electron chi connectivity index (χ4n) is 5.09. The van der Waals surface area contributed by atoms with Crippen molar-refractivity contribution >= 4 is 11.7 Å². The topological polar surface area (TPSA) is 100 Å². The van der Waals surface area contributed by atoms with Gasteiger partial charge in [-0.1, -0.05) is 48.4 Å². The molecule has 31 heavy (non-hydrogen) atoms. The van der Waals surface area contributed by atoms with Crippen LogP contribution >= 0.6 is 0 Å². The standard InChI is InChI=1S/C23H28N4O4/c1-13(2)20(19-10-14(3)25-30-19)22(29)27-12-16(28)11-18(27)21-24-23(31-26-21)9-8-15-6-4-5-7-17(15)23/h4-7,10,13,16,18,20,28H,8-9,11-12H2,1-3H3,(H,24,26)/t16-,18+,20-,23?/m1/s1. The SMILES string of the molecule is Cc1cc([C@H](C(=O)N2C[C@H](O)C[C@H]2C2=NOC3(CCc4ccccc43)N2)C(C)C)on1. The molecule has 0 bridgehead atoms. The summed E-state index contributed by atoms with van der Waals surface area (Å²) in [4.78, 5) is 21.3. The van der Waals surface area contributed by atoms with Gasteiger partial charge in [0.2, 0.25) is 11.6 Å². The number of nitrogens with one attached hydrogen (secondary N) is 1. The molecule has 4 atom stereocenters. The summed E-state index contributed by atoms with van der Waals surface area (Å²) < 4.78 is 5.44. The van der Waals surface area contributed by atoms with Crippen molar-refractivity contribution in [3.05, 3.63) is 52.9 Å². The third kappa shape index (κ3) is 3.29. The number of oxime groups is 1. The average molecular weight is 425 g/mol. The Morgan fingerprint density at radius 1 is 1.35 bits per heavy atom. The van der Waals surface area contributed by atoms with Gasteiger partial charge in [-0.05, 0) is 24.8 Å². The summed E-state index contributed by atoms with van der Waals surface area (Å²) in [6.45, 7) is 6.07.